The molecule has 0 saturated heterocycles. The van der Waals surface area contributed by atoms with Crippen molar-refractivity contribution in [3.05, 3.63) is 60.4 Å². The maximum absolute atomic E-state index is 12.3. The third kappa shape index (κ3) is 8.13. The average Bonchev–Trinajstić information content (AvgIpc) is 2.72. The number of benzene rings is 1. The van der Waals surface area contributed by atoms with Crippen LogP contribution in [0.1, 0.15) is 5.69 Å². The van der Waals surface area contributed by atoms with Crippen molar-refractivity contribution in [1.82, 2.24) is 20.5 Å². The lowest BCUT2D eigenvalue weighted by molar-refractivity contribution is -0.128. The summed E-state index contributed by atoms with van der Waals surface area (Å²) < 4.78 is 0. The topological polar surface area (TPSA) is 69.6 Å². The second kappa shape index (κ2) is 12.0. The van der Waals surface area contributed by atoms with E-state index in [2.05, 4.69) is 32.7 Å². The molecule has 0 radical (unpaired) electrons. The van der Waals surface area contributed by atoms with Gasteiger partial charge in [0.1, 0.15) is 0 Å². The molecule has 0 aliphatic rings. The average molecular weight is 386 g/mol. The molecular formula is C20H27N5OS. The first kappa shape index (κ1) is 20.8. The summed E-state index contributed by atoms with van der Waals surface area (Å²) in [6, 6.07) is 16.1. The van der Waals surface area contributed by atoms with Crippen molar-refractivity contribution in [2.75, 3.05) is 39.5 Å². The highest BCUT2D eigenvalue weighted by molar-refractivity contribution is 7.99. The van der Waals surface area contributed by atoms with E-state index in [1.54, 1.807) is 37.0 Å². The van der Waals surface area contributed by atoms with Crippen LogP contribution in [0.4, 0.5) is 0 Å². The third-order valence-corrected chi connectivity index (χ3v) is 4.91. The molecule has 0 aliphatic heterocycles. The molecule has 1 amide bonds. The van der Waals surface area contributed by atoms with Crippen LogP contribution >= 0.6 is 11.8 Å². The second-order valence-corrected chi connectivity index (χ2v) is 7.07. The molecule has 1 aromatic heterocycles. The number of thioether (sulfide) groups is 1. The summed E-state index contributed by atoms with van der Waals surface area (Å²) in [7, 11) is 3.51. The lowest BCUT2D eigenvalue weighted by atomic mass is 10.2. The van der Waals surface area contributed by atoms with E-state index in [1.807, 2.05) is 36.4 Å². The van der Waals surface area contributed by atoms with Crippen LogP contribution in [-0.4, -0.2) is 61.2 Å². The fourth-order valence-corrected chi connectivity index (χ4v) is 3.11. The SMILES string of the molecule is CN=C(NCCSc1ccccc1)NCC(=O)N(C)CCc1ccccn1. The van der Waals surface area contributed by atoms with Crippen LogP contribution in [0, 0.1) is 0 Å². The van der Waals surface area contributed by atoms with Gasteiger partial charge in [0.05, 0.1) is 6.54 Å². The first-order valence-electron chi connectivity index (χ1n) is 8.95. The van der Waals surface area contributed by atoms with Crippen molar-refractivity contribution in [3.8, 4) is 0 Å². The second-order valence-electron chi connectivity index (χ2n) is 5.90. The summed E-state index contributed by atoms with van der Waals surface area (Å²) in [4.78, 5) is 23.6. The van der Waals surface area contributed by atoms with Gasteiger partial charge >= 0.3 is 0 Å². The molecular weight excluding hydrogens is 358 g/mol. The number of rotatable bonds is 9. The van der Waals surface area contributed by atoms with E-state index in [4.69, 9.17) is 0 Å². The van der Waals surface area contributed by atoms with Gasteiger partial charge in [0.2, 0.25) is 5.91 Å². The zero-order valence-electron chi connectivity index (χ0n) is 15.9. The molecule has 2 rings (SSSR count). The minimum atomic E-state index is 0.0209. The molecule has 0 fully saturated rings. The standard InChI is InChI=1S/C20H27N5OS/c1-21-20(23-13-15-27-18-9-4-3-5-10-18)24-16-19(26)25(2)14-11-17-8-6-7-12-22-17/h3-10,12H,11,13-16H2,1-2H3,(H2,21,23,24). The Morgan fingerprint density at radius 2 is 1.93 bits per heavy atom. The predicted molar refractivity (Wildman–Crippen MR) is 112 cm³/mol. The van der Waals surface area contributed by atoms with E-state index in [0.717, 1.165) is 24.4 Å². The van der Waals surface area contributed by atoms with E-state index in [-0.39, 0.29) is 12.5 Å². The molecule has 144 valence electrons. The number of nitrogens with zero attached hydrogens (tertiary/aromatic N) is 3. The highest BCUT2D eigenvalue weighted by atomic mass is 32.2. The maximum atomic E-state index is 12.3. The number of aliphatic imine (C=N–C) groups is 1. The van der Waals surface area contributed by atoms with Crippen LogP contribution in [0.25, 0.3) is 0 Å². The molecule has 0 bridgehead atoms. The number of hydrogen-bond acceptors (Lipinski definition) is 4. The smallest absolute Gasteiger partial charge is 0.241 e. The monoisotopic (exact) mass is 385 g/mol. The van der Waals surface area contributed by atoms with Crippen molar-refractivity contribution >= 4 is 23.6 Å². The Bertz CT molecular complexity index is 709. The number of aromatic nitrogens is 1. The van der Waals surface area contributed by atoms with Crippen LogP contribution in [0.15, 0.2) is 64.6 Å². The van der Waals surface area contributed by atoms with E-state index < -0.39 is 0 Å². The van der Waals surface area contributed by atoms with Gasteiger partial charge in [-0.3, -0.25) is 14.8 Å². The van der Waals surface area contributed by atoms with E-state index in [9.17, 15) is 4.79 Å². The molecule has 0 aliphatic carbocycles. The van der Waals surface area contributed by atoms with Gasteiger partial charge in [0.15, 0.2) is 5.96 Å². The van der Waals surface area contributed by atoms with Crippen LogP contribution in [0.2, 0.25) is 0 Å². The van der Waals surface area contributed by atoms with Crippen LogP contribution in [0.5, 0.6) is 0 Å². The lowest BCUT2D eigenvalue weighted by Crippen LogP contribution is -2.44. The van der Waals surface area contributed by atoms with Crippen molar-refractivity contribution in [2.45, 2.75) is 11.3 Å². The normalized spacial score (nSPS) is 11.1. The number of amides is 1. The van der Waals surface area contributed by atoms with Crippen LogP contribution < -0.4 is 10.6 Å². The number of likely N-dealkylation sites (N-methyl/N-ethyl adjacent to an activating group) is 1. The Labute approximate surface area is 165 Å². The maximum Gasteiger partial charge on any atom is 0.241 e. The third-order valence-electron chi connectivity index (χ3n) is 3.89. The summed E-state index contributed by atoms with van der Waals surface area (Å²) >= 11 is 1.78. The number of hydrogen-bond donors (Lipinski definition) is 2. The summed E-state index contributed by atoms with van der Waals surface area (Å²) in [6.07, 6.45) is 2.51. The Balaban J connectivity index is 1.63. The van der Waals surface area contributed by atoms with Gasteiger partial charge in [-0.2, -0.15) is 0 Å². The Morgan fingerprint density at radius 1 is 1.15 bits per heavy atom. The molecule has 2 N–H and O–H groups in total. The molecule has 2 aromatic rings. The molecule has 27 heavy (non-hydrogen) atoms. The molecule has 1 aromatic carbocycles. The van der Waals surface area contributed by atoms with Gasteiger partial charge in [-0.1, -0.05) is 24.3 Å². The number of carbonyl (C=O) groups is 1. The van der Waals surface area contributed by atoms with Gasteiger partial charge < -0.3 is 15.5 Å². The number of nitrogens with one attached hydrogen (secondary N) is 2. The van der Waals surface area contributed by atoms with E-state index in [0.29, 0.717) is 12.5 Å². The minimum Gasteiger partial charge on any atom is -0.356 e. The minimum absolute atomic E-state index is 0.0209. The Kier molecular flexibility index (Phi) is 9.20. The number of guanidine groups is 1. The fraction of sp³-hybridized carbons (Fsp3) is 0.350. The zero-order chi connectivity index (χ0) is 19.3. The van der Waals surface area contributed by atoms with Crippen LogP contribution in [-0.2, 0) is 11.2 Å². The Hall–Kier alpha value is -2.54. The first-order valence-corrected chi connectivity index (χ1v) is 9.94. The van der Waals surface area contributed by atoms with Crippen molar-refractivity contribution in [3.63, 3.8) is 0 Å². The first-order chi connectivity index (χ1) is 13.2. The lowest BCUT2D eigenvalue weighted by Gasteiger charge is -2.18. The zero-order valence-corrected chi connectivity index (χ0v) is 16.7. The highest BCUT2D eigenvalue weighted by Gasteiger charge is 2.09. The van der Waals surface area contributed by atoms with E-state index in [1.165, 1.54) is 4.90 Å². The Morgan fingerprint density at radius 3 is 2.63 bits per heavy atom. The van der Waals surface area contributed by atoms with Gasteiger partial charge in [-0.05, 0) is 24.3 Å². The summed E-state index contributed by atoms with van der Waals surface area (Å²) in [6.45, 7) is 1.62. The van der Waals surface area contributed by atoms with Crippen molar-refractivity contribution in [1.29, 1.82) is 0 Å². The van der Waals surface area contributed by atoms with Crippen molar-refractivity contribution in [2.24, 2.45) is 4.99 Å². The number of pyridine rings is 1. The number of carbonyl (C=O) groups excluding carboxylic acids is 1. The molecule has 6 nitrogen and oxygen atoms in total. The van der Waals surface area contributed by atoms with Gasteiger partial charge in [0, 0.05) is 56.1 Å². The predicted octanol–water partition coefficient (Wildman–Crippen LogP) is 2.04. The quantitative estimate of drug-likeness (QED) is 0.299. The fourth-order valence-electron chi connectivity index (χ4n) is 2.32. The highest BCUT2D eigenvalue weighted by Crippen LogP contribution is 2.15. The summed E-state index contributed by atoms with van der Waals surface area (Å²) in [5, 5.41) is 6.30. The molecule has 0 atom stereocenters. The molecule has 0 unspecified atom stereocenters. The molecule has 1 heterocycles. The van der Waals surface area contributed by atoms with Gasteiger partial charge in [-0.25, -0.2) is 0 Å². The van der Waals surface area contributed by atoms with Gasteiger partial charge in [-0.15, -0.1) is 11.8 Å². The van der Waals surface area contributed by atoms with Crippen molar-refractivity contribution < 1.29 is 4.79 Å². The van der Waals surface area contributed by atoms with Crippen LogP contribution in [0.3, 0.4) is 0 Å². The molecule has 0 spiro atoms. The summed E-state index contributed by atoms with van der Waals surface area (Å²) in [5.41, 5.74) is 0.985. The molecule has 7 heteroatoms. The summed E-state index contributed by atoms with van der Waals surface area (Å²) in [5.74, 6) is 1.57. The largest absolute Gasteiger partial charge is 0.356 e. The molecule has 0 saturated carbocycles. The van der Waals surface area contributed by atoms with E-state index >= 15 is 0 Å². The van der Waals surface area contributed by atoms with Gasteiger partial charge in [0.25, 0.3) is 0 Å².